The van der Waals surface area contributed by atoms with Crippen LogP contribution in [0.4, 0.5) is 5.69 Å². The van der Waals surface area contributed by atoms with Gasteiger partial charge in [0, 0.05) is 10.7 Å². The minimum atomic E-state index is -0.905. The van der Waals surface area contributed by atoms with Crippen molar-refractivity contribution in [3.05, 3.63) is 64.2 Å². The van der Waals surface area contributed by atoms with E-state index in [0.717, 1.165) is 10.5 Å². The first-order chi connectivity index (χ1) is 12.3. The molecule has 1 aliphatic rings. The third-order valence-corrected chi connectivity index (χ3v) is 4.69. The van der Waals surface area contributed by atoms with E-state index in [-0.39, 0.29) is 5.92 Å². The molecular weight excluding hydrogens is 352 g/mol. The van der Waals surface area contributed by atoms with Crippen molar-refractivity contribution in [2.45, 2.75) is 26.8 Å². The summed E-state index contributed by atoms with van der Waals surface area (Å²) in [6, 6.07) is 10.8. The number of carbonyl (C=O) groups is 3. The van der Waals surface area contributed by atoms with Gasteiger partial charge in [0.2, 0.25) is 5.91 Å². The summed E-state index contributed by atoms with van der Waals surface area (Å²) in [6.45, 7) is 5.44. The van der Waals surface area contributed by atoms with E-state index in [1.165, 1.54) is 0 Å². The molecule has 0 spiro atoms. The fourth-order valence-electron chi connectivity index (χ4n) is 3.15. The molecule has 3 rings (SSSR count). The number of imide groups is 1. The minimum absolute atomic E-state index is 0.246. The van der Waals surface area contributed by atoms with Crippen LogP contribution in [0.2, 0.25) is 5.02 Å². The van der Waals surface area contributed by atoms with E-state index in [0.29, 0.717) is 21.8 Å². The van der Waals surface area contributed by atoms with Crippen molar-refractivity contribution in [1.29, 1.82) is 0 Å². The molecule has 0 saturated carbocycles. The van der Waals surface area contributed by atoms with E-state index in [1.54, 1.807) is 42.5 Å². The molecule has 1 aliphatic heterocycles. The van der Waals surface area contributed by atoms with Gasteiger partial charge in [-0.15, -0.1) is 0 Å². The summed E-state index contributed by atoms with van der Waals surface area (Å²) < 4.78 is 0. The molecule has 0 radical (unpaired) electrons. The number of rotatable bonds is 4. The van der Waals surface area contributed by atoms with Crippen molar-refractivity contribution in [2.75, 3.05) is 5.32 Å². The third kappa shape index (κ3) is 3.10. The van der Waals surface area contributed by atoms with Crippen LogP contribution in [0, 0.1) is 12.8 Å². The molecule has 0 aliphatic carbocycles. The summed E-state index contributed by atoms with van der Waals surface area (Å²) >= 11 is 5.95. The Labute approximate surface area is 156 Å². The molecule has 0 fully saturated rings. The van der Waals surface area contributed by atoms with Crippen LogP contribution in [0.25, 0.3) is 0 Å². The fraction of sp³-hybridized carbons (Fsp3) is 0.250. The van der Waals surface area contributed by atoms with Gasteiger partial charge in [-0.25, -0.2) is 0 Å². The van der Waals surface area contributed by atoms with Crippen molar-refractivity contribution in [3.63, 3.8) is 0 Å². The van der Waals surface area contributed by atoms with E-state index < -0.39 is 23.8 Å². The third-order valence-electron chi connectivity index (χ3n) is 4.45. The second kappa shape index (κ2) is 6.92. The number of nitrogens with one attached hydrogen (secondary N) is 1. The molecule has 134 valence electrons. The summed E-state index contributed by atoms with van der Waals surface area (Å²) in [6.07, 6.45) is 0. The molecule has 3 amide bonds. The zero-order valence-electron chi connectivity index (χ0n) is 14.7. The van der Waals surface area contributed by atoms with E-state index in [2.05, 4.69) is 5.32 Å². The molecule has 1 unspecified atom stereocenters. The Hall–Kier alpha value is -2.66. The zero-order chi connectivity index (χ0) is 19.0. The first-order valence-corrected chi connectivity index (χ1v) is 8.73. The van der Waals surface area contributed by atoms with Gasteiger partial charge in [-0.3, -0.25) is 19.3 Å². The first-order valence-electron chi connectivity index (χ1n) is 8.35. The number of aryl methyl sites for hydroxylation is 1. The van der Waals surface area contributed by atoms with Crippen LogP contribution in [-0.4, -0.2) is 28.7 Å². The van der Waals surface area contributed by atoms with Gasteiger partial charge < -0.3 is 5.32 Å². The van der Waals surface area contributed by atoms with Crippen molar-refractivity contribution < 1.29 is 14.4 Å². The van der Waals surface area contributed by atoms with Gasteiger partial charge in [0.15, 0.2) is 0 Å². The Kier molecular flexibility index (Phi) is 4.83. The molecule has 26 heavy (non-hydrogen) atoms. The second-order valence-corrected chi connectivity index (χ2v) is 7.10. The smallest absolute Gasteiger partial charge is 0.262 e. The summed E-state index contributed by atoms with van der Waals surface area (Å²) in [5.41, 5.74) is 2.06. The van der Waals surface area contributed by atoms with Gasteiger partial charge in [-0.1, -0.05) is 37.6 Å². The molecule has 0 saturated heterocycles. The summed E-state index contributed by atoms with van der Waals surface area (Å²) in [7, 11) is 0. The number of hydrogen-bond donors (Lipinski definition) is 1. The van der Waals surface area contributed by atoms with Gasteiger partial charge in [-0.2, -0.15) is 0 Å². The van der Waals surface area contributed by atoms with E-state index >= 15 is 0 Å². The lowest BCUT2D eigenvalue weighted by molar-refractivity contribution is -0.121. The monoisotopic (exact) mass is 370 g/mol. The van der Waals surface area contributed by atoms with Crippen molar-refractivity contribution in [1.82, 2.24) is 4.90 Å². The zero-order valence-corrected chi connectivity index (χ0v) is 15.5. The average Bonchev–Trinajstić information content (AvgIpc) is 2.83. The Morgan fingerprint density at radius 2 is 1.62 bits per heavy atom. The maximum absolute atomic E-state index is 12.9. The van der Waals surface area contributed by atoms with Crippen LogP contribution >= 0.6 is 11.6 Å². The molecule has 2 aromatic carbocycles. The molecule has 0 bridgehead atoms. The highest BCUT2D eigenvalue weighted by atomic mass is 35.5. The van der Waals surface area contributed by atoms with Gasteiger partial charge in [-0.05, 0) is 48.7 Å². The molecule has 6 heteroatoms. The van der Waals surface area contributed by atoms with Crippen molar-refractivity contribution >= 4 is 35.0 Å². The Morgan fingerprint density at radius 1 is 1.04 bits per heavy atom. The molecule has 1 heterocycles. The maximum atomic E-state index is 12.9. The van der Waals surface area contributed by atoms with Crippen LogP contribution < -0.4 is 5.32 Å². The number of hydrogen-bond acceptors (Lipinski definition) is 3. The number of anilines is 1. The average molecular weight is 371 g/mol. The van der Waals surface area contributed by atoms with Crippen LogP contribution in [-0.2, 0) is 4.79 Å². The quantitative estimate of drug-likeness (QED) is 0.830. The molecule has 0 aromatic heterocycles. The van der Waals surface area contributed by atoms with E-state index in [1.807, 2.05) is 20.8 Å². The largest absolute Gasteiger partial charge is 0.324 e. The molecule has 1 N–H and O–H groups in total. The topological polar surface area (TPSA) is 66.5 Å². The summed E-state index contributed by atoms with van der Waals surface area (Å²) in [5, 5.41) is 3.39. The van der Waals surface area contributed by atoms with Gasteiger partial charge >= 0.3 is 0 Å². The highest BCUT2D eigenvalue weighted by Crippen LogP contribution is 2.28. The van der Waals surface area contributed by atoms with Crippen LogP contribution in [0.5, 0.6) is 0 Å². The Balaban J connectivity index is 1.92. The van der Waals surface area contributed by atoms with Gasteiger partial charge in [0.25, 0.3) is 11.8 Å². The molecule has 1 atom stereocenters. The van der Waals surface area contributed by atoms with E-state index in [9.17, 15) is 14.4 Å². The number of halogens is 1. The molecule has 2 aromatic rings. The lowest BCUT2D eigenvalue weighted by Crippen LogP contribution is -2.50. The number of carbonyl (C=O) groups excluding carboxylic acids is 3. The fourth-order valence-corrected chi connectivity index (χ4v) is 3.38. The highest BCUT2D eigenvalue weighted by Gasteiger charge is 2.43. The second-order valence-electron chi connectivity index (χ2n) is 6.66. The van der Waals surface area contributed by atoms with Crippen molar-refractivity contribution in [3.8, 4) is 0 Å². The van der Waals surface area contributed by atoms with Gasteiger partial charge in [0.1, 0.15) is 6.04 Å². The Bertz CT molecular complexity index is 873. The predicted octanol–water partition coefficient (Wildman–Crippen LogP) is 3.91. The normalized spacial score (nSPS) is 14.6. The van der Waals surface area contributed by atoms with Crippen LogP contribution in [0.3, 0.4) is 0 Å². The number of amides is 3. The lowest BCUT2D eigenvalue weighted by Gasteiger charge is -2.28. The Morgan fingerprint density at radius 3 is 2.12 bits per heavy atom. The first kappa shape index (κ1) is 18.1. The number of nitrogens with zero attached hydrogens (tertiary/aromatic N) is 1. The molecule has 5 nitrogen and oxygen atoms in total. The summed E-state index contributed by atoms with van der Waals surface area (Å²) in [4.78, 5) is 39.5. The highest BCUT2D eigenvalue weighted by molar-refractivity contribution is 6.30. The minimum Gasteiger partial charge on any atom is -0.324 e. The van der Waals surface area contributed by atoms with Crippen LogP contribution in [0.15, 0.2) is 42.5 Å². The van der Waals surface area contributed by atoms with Gasteiger partial charge in [0.05, 0.1) is 11.1 Å². The lowest BCUT2D eigenvalue weighted by atomic mass is 10.0. The van der Waals surface area contributed by atoms with E-state index in [4.69, 9.17) is 11.6 Å². The van der Waals surface area contributed by atoms with Crippen molar-refractivity contribution in [2.24, 2.45) is 5.92 Å². The number of benzene rings is 2. The SMILES string of the molecule is Cc1cc(Cl)ccc1NC(=O)C(C(C)C)N1C(=O)c2ccccc2C1=O. The predicted molar refractivity (Wildman–Crippen MR) is 100 cm³/mol. The summed E-state index contributed by atoms with van der Waals surface area (Å²) in [5.74, 6) is -1.52. The standard InChI is InChI=1S/C20H19ClN2O3/c1-11(2)17(18(24)22-16-9-8-13(21)10-12(16)3)23-19(25)14-6-4-5-7-15(14)20(23)26/h4-11,17H,1-3H3,(H,22,24). The maximum Gasteiger partial charge on any atom is 0.262 e. The molecular formula is C20H19ClN2O3. The number of fused-ring (bicyclic) bond motifs is 1. The van der Waals surface area contributed by atoms with Crippen LogP contribution in [0.1, 0.15) is 40.1 Å².